The molecule has 1 aromatic rings. The lowest BCUT2D eigenvalue weighted by Gasteiger charge is -2.10. The summed E-state index contributed by atoms with van der Waals surface area (Å²) in [5.74, 6) is -3.88. The first kappa shape index (κ1) is 14.4. The summed E-state index contributed by atoms with van der Waals surface area (Å²) in [5.41, 5.74) is -0.640. The molecule has 1 unspecified atom stereocenters. The third-order valence-corrected chi connectivity index (χ3v) is 3.58. The van der Waals surface area contributed by atoms with Crippen LogP contribution in [0, 0.1) is 21.7 Å². The van der Waals surface area contributed by atoms with E-state index in [9.17, 15) is 23.7 Å². The molecule has 0 spiro atoms. The van der Waals surface area contributed by atoms with Gasteiger partial charge >= 0.3 is 5.97 Å². The van der Waals surface area contributed by atoms with Gasteiger partial charge in [0.25, 0.3) is 5.69 Å². The molecule has 5 nitrogen and oxygen atoms in total. The van der Waals surface area contributed by atoms with Crippen molar-refractivity contribution in [2.24, 2.45) is 0 Å². The van der Waals surface area contributed by atoms with Gasteiger partial charge in [-0.1, -0.05) is 6.92 Å². The number of benzene rings is 1. The number of rotatable bonds is 5. The van der Waals surface area contributed by atoms with Crippen molar-refractivity contribution in [2.75, 3.05) is 0 Å². The number of aliphatic carboxylic acids is 1. The molecule has 18 heavy (non-hydrogen) atoms. The van der Waals surface area contributed by atoms with E-state index >= 15 is 0 Å². The number of carboxylic acids is 1. The third-order valence-electron chi connectivity index (χ3n) is 2.13. The van der Waals surface area contributed by atoms with Crippen LogP contribution in [-0.4, -0.2) is 21.2 Å². The molecule has 0 aliphatic rings. The fraction of sp³-hybridized carbons (Fsp3) is 0.300. The maximum absolute atomic E-state index is 13.5. The number of halogens is 2. The number of nitro benzene ring substituents is 1. The zero-order chi connectivity index (χ0) is 13.9. The monoisotopic (exact) mass is 277 g/mol. The lowest BCUT2D eigenvalue weighted by molar-refractivity contribution is -0.388. The van der Waals surface area contributed by atoms with Crippen LogP contribution >= 0.6 is 11.8 Å². The van der Waals surface area contributed by atoms with Gasteiger partial charge < -0.3 is 5.11 Å². The summed E-state index contributed by atoms with van der Waals surface area (Å²) in [4.78, 5) is 20.0. The van der Waals surface area contributed by atoms with Gasteiger partial charge in [0.1, 0.15) is 10.1 Å². The summed E-state index contributed by atoms with van der Waals surface area (Å²) in [7, 11) is 0. The van der Waals surface area contributed by atoms with Crippen molar-refractivity contribution in [1.82, 2.24) is 0 Å². The molecule has 0 saturated heterocycles. The van der Waals surface area contributed by atoms with Gasteiger partial charge in [-0.2, -0.15) is 0 Å². The van der Waals surface area contributed by atoms with E-state index < -0.39 is 38.4 Å². The molecule has 0 aliphatic heterocycles. The largest absolute Gasteiger partial charge is 0.480 e. The Morgan fingerprint density at radius 3 is 2.61 bits per heavy atom. The van der Waals surface area contributed by atoms with Crippen molar-refractivity contribution in [1.29, 1.82) is 0 Å². The summed E-state index contributed by atoms with van der Waals surface area (Å²) in [5, 5.41) is 18.4. The molecular formula is C10H9F2NO4S. The number of carbonyl (C=O) groups is 1. The average molecular weight is 277 g/mol. The second kappa shape index (κ2) is 5.76. The van der Waals surface area contributed by atoms with Gasteiger partial charge in [-0.3, -0.25) is 14.9 Å². The molecule has 0 saturated carbocycles. The van der Waals surface area contributed by atoms with Gasteiger partial charge in [0.2, 0.25) is 0 Å². The minimum atomic E-state index is -1.39. The first-order chi connectivity index (χ1) is 8.38. The predicted molar refractivity (Wildman–Crippen MR) is 60.6 cm³/mol. The second-order valence-corrected chi connectivity index (χ2v) is 4.53. The third kappa shape index (κ3) is 2.95. The number of nitro groups is 1. The Hall–Kier alpha value is -1.70. The van der Waals surface area contributed by atoms with Crippen LogP contribution in [0.25, 0.3) is 0 Å². The summed E-state index contributed by atoms with van der Waals surface area (Å²) >= 11 is 0.436. The van der Waals surface area contributed by atoms with Crippen LogP contribution in [0.3, 0.4) is 0 Å². The molecule has 8 heteroatoms. The molecular weight excluding hydrogens is 268 g/mol. The van der Waals surface area contributed by atoms with E-state index in [0.29, 0.717) is 17.8 Å². The van der Waals surface area contributed by atoms with E-state index in [4.69, 9.17) is 5.11 Å². The summed E-state index contributed by atoms with van der Waals surface area (Å²) in [6.07, 6.45) is 0.132. The summed E-state index contributed by atoms with van der Waals surface area (Å²) in [6, 6.07) is 1.45. The van der Waals surface area contributed by atoms with Crippen LogP contribution in [0.1, 0.15) is 13.3 Å². The predicted octanol–water partition coefficient (Wildman–Crippen LogP) is 2.83. The second-order valence-electron chi connectivity index (χ2n) is 3.32. The molecule has 1 atom stereocenters. The highest BCUT2D eigenvalue weighted by Crippen LogP contribution is 2.36. The number of nitrogens with zero attached hydrogens (tertiary/aromatic N) is 1. The molecule has 1 aromatic carbocycles. The summed E-state index contributed by atoms with van der Waals surface area (Å²) < 4.78 is 26.5. The Labute approximate surface area is 105 Å². The maximum Gasteiger partial charge on any atom is 0.316 e. The molecule has 0 radical (unpaired) electrons. The van der Waals surface area contributed by atoms with Crippen LogP contribution in [0.5, 0.6) is 0 Å². The smallest absolute Gasteiger partial charge is 0.316 e. The van der Waals surface area contributed by atoms with E-state index in [1.807, 2.05) is 0 Å². The first-order valence-corrected chi connectivity index (χ1v) is 5.78. The van der Waals surface area contributed by atoms with E-state index in [1.54, 1.807) is 0 Å². The Morgan fingerprint density at radius 2 is 2.17 bits per heavy atom. The topological polar surface area (TPSA) is 80.4 Å². The lowest BCUT2D eigenvalue weighted by atomic mass is 10.3. The van der Waals surface area contributed by atoms with Gasteiger partial charge in [0, 0.05) is 6.07 Å². The SMILES string of the molecule is CCC(Sc1c([N+](=O)[O-])ccc(F)c1F)C(=O)O. The van der Waals surface area contributed by atoms with Gasteiger partial charge in [-0.15, -0.1) is 11.8 Å². The minimum absolute atomic E-state index is 0.132. The Kier molecular flexibility index (Phi) is 4.60. The van der Waals surface area contributed by atoms with Gasteiger partial charge in [-0.25, -0.2) is 8.78 Å². The standard InChI is InChI=1S/C10H9F2NO4S/c1-2-7(10(14)15)18-9-6(13(16)17)4-3-5(11)8(9)12/h3-4,7H,2H2,1H3,(H,14,15). The highest BCUT2D eigenvalue weighted by atomic mass is 32.2. The normalized spacial score (nSPS) is 12.2. The zero-order valence-corrected chi connectivity index (χ0v) is 10.0. The van der Waals surface area contributed by atoms with Crippen molar-refractivity contribution < 1.29 is 23.6 Å². The van der Waals surface area contributed by atoms with Crippen molar-refractivity contribution in [2.45, 2.75) is 23.5 Å². The average Bonchev–Trinajstić information content (AvgIpc) is 2.30. The zero-order valence-electron chi connectivity index (χ0n) is 9.22. The molecule has 1 rings (SSSR count). The van der Waals surface area contributed by atoms with Gasteiger partial charge in [0.15, 0.2) is 11.6 Å². The molecule has 0 aliphatic carbocycles. The molecule has 0 fully saturated rings. The van der Waals surface area contributed by atoms with E-state index in [0.717, 1.165) is 6.07 Å². The van der Waals surface area contributed by atoms with Crippen LogP contribution < -0.4 is 0 Å². The van der Waals surface area contributed by atoms with Gasteiger partial charge in [-0.05, 0) is 12.5 Å². The Balaban J connectivity index is 3.24. The van der Waals surface area contributed by atoms with Crippen molar-refractivity contribution in [3.8, 4) is 0 Å². The molecule has 0 heterocycles. The van der Waals surface area contributed by atoms with Crippen molar-refractivity contribution in [3.05, 3.63) is 33.9 Å². The molecule has 0 amide bonds. The number of carboxylic acid groups (broad SMARTS) is 1. The number of thioether (sulfide) groups is 1. The van der Waals surface area contributed by atoms with Crippen LogP contribution in [0.4, 0.5) is 14.5 Å². The lowest BCUT2D eigenvalue weighted by Crippen LogP contribution is -2.15. The van der Waals surface area contributed by atoms with E-state index in [1.165, 1.54) is 6.92 Å². The first-order valence-electron chi connectivity index (χ1n) is 4.90. The molecule has 1 N–H and O–H groups in total. The van der Waals surface area contributed by atoms with Crippen molar-refractivity contribution >= 4 is 23.4 Å². The number of hydrogen-bond donors (Lipinski definition) is 1. The summed E-state index contributed by atoms with van der Waals surface area (Å²) in [6.45, 7) is 1.54. The van der Waals surface area contributed by atoms with Crippen LogP contribution in [0.15, 0.2) is 17.0 Å². The Morgan fingerprint density at radius 1 is 1.56 bits per heavy atom. The highest BCUT2D eigenvalue weighted by Gasteiger charge is 2.27. The highest BCUT2D eigenvalue weighted by molar-refractivity contribution is 8.00. The molecule has 98 valence electrons. The van der Waals surface area contributed by atoms with Gasteiger partial charge in [0.05, 0.1) is 4.92 Å². The van der Waals surface area contributed by atoms with Crippen LogP contribution in [-0.2, 0) is 4.79 Å². The minimum Gasteiger partial charge on any atom is -0.480 e. The Bertz CT molecular complexity index is 495. The van der Waals surface area contributed by atoms with Crippen molar-refractivity contribution in [3.63, 3.8) is 0 Å². The van der Waals surface area contributed by atoms with Crippen LogP contribution in [0.2, 0.25) is 0 Å². The fourth-order valence-electron chi connectivity index (χ4n) is 1.23. The fourth-order valence-corrected chi connectivity index (χ4v) is 2.24. The van der Waals surface area contributed by atoms with E-state index in [2.05, 4.69) is 0 Å². The number of hydrogen-bond acceptors (Lipinski definition) is 4. The molecule has 0 aromatic heterocycles. The quantitative estimate of drug-likeness (QED) is 0.508. The maximum atomic E-state index is 13.5. The molecule has 0 bridgehead atoms. The van der Waals surface area contributed by atoms with E-state index in [-0.39, 0.29) is 6.42 Å².